The summed E-state index contributed by atoms with van der Waals surface area (Å²) in [6.07, 6.45) is 5.86. The van der Waals surface area contributed by atoms with E-state index in [2.05, 4.69) is 0 Å². The zero-order valence-electron chi connectivity index (χ0n) is 7.84. The van der Waals surface area contributed by atoms with Gasteiger partial charge in [-0.2, -0.15) is 0 Å². The van der Waals surface area contributed by atoms with E-state index in [9.17, 15) is 4.79 Å². The van der Waals surface area contributed by atoms with Crippen LogP contribution < -0.4 is 5.73 Å². The Morgan fingerprint density at radius 2 is 2.00 bits per heavy atom. The molecule has 1 aliphatic rings. The van der Waals surface area contributed by atoms with Crippen molar-refractivity contribution < 1.29 is 4.79 Å². The topological polar surface area (TPSA) is 46.3 Å². The molecule has 0 aromatic heterocycles. The summed E-state index contributed by atoms with van der Waals surface area (Å²) in [6, 6.07) is 0.0116. The minimum absolute atomic E-state index is 0.326. The first-order chi connectivity index (χ1) is 6.25. The third kappa shape index (κ3) is 3.07. The standard InChI is InChI=1S/C9H17ClN2O/c10-6-7-12(9(11)13)8-4-2-1-3-5-8/h8H,1-7H2,(H2,11,13). The van der Waals surface area contributed by atoms with Gasteiger partial charge in [-0.15, -0.1) is 11.6 Å². The third-order valence-electron chi connectivity index (χ3n) is 2.62. The van der Waals surface area contributed by atoms with Crippen LogP contribution in [0.4, 0.5) is 4.79 Å². The fourth-order valence-electron chi connectivity index (χ4n) is 1.96. The normalized spacial score (nSPS) is 18.5. The zero-order valence-corrected chi connectivity index (χ0v) is 8.59. The van der Waals surface area contributed by atoms with E-state index in [-0.39, 0.29) is 6.03 Å². The van der Waals surface area contributed by atoms with Gasteiger partial charge in [-0.05, 0) is 12.8 Å². The van der Waals surface area contributed by atoms with Crippen LogP contribution >= 0.6 is 11.6 Å². The number of hydrogen-bond acceptors (Lipinski definition) is 1. The van der Waals surface area contributed by atoms with Crippen LogP contribution in [0.1, 0.15) is 32.1 Å². The number of primary amides is 1. The number of nitrogens with two attached hydrogens (primary N) is 1. The number of carbonyl (C=O) groups is 1. The highest BCUT2D eigenvalue weighted by molar-refractivity contribution is 6.18. The monoisotopic (exact) mass is 204 g/mol. The number of amides is 2. The molecule has 1 aliphatic carbocycles. The first kappa shape index (κ1) is 10.6. The number of halogens is 1. The molecule has 1 fully saturated rings. The third-order valence-corrected chi connectivity index (χ3v) is 2.79. The van der Waals surface area contributed by atoms with E-state index in [0.29, 0.717) is 18.5 Å². The van der Waals surface area contributed by atoms with Crippen LogP contribution in [0.2, 0.25) is 0 Å². The molecule has 2 amide bonds. The summed E-state index contributed by atoms with van der Waals surface area (Å²) in [5.74, 6) is 0.472. The summed E-state index contributed by atoms with van der Waals surface area (Å²) >= 11 is 5.61. The molecule has 3 nitrogen and oxygen atoms in total. The first-order valence-electron chi connectivity index (χ1n) is 4.87. The summed E-state index contributed by atoms with van der Waals surface area (Å²) in [5.41, 5.74) is 5.28. The maximum absolute atomic E-state index is 11.1. The Morgan fingerprint density at radius 1 is 1.38 bits per heavy atom. The van der Waals surface area contributed by atoms with Crippen LogP contribution in [0.3, 0.4) is 0 Å². The second-order valence-electron chi connectivity index (χ2n) is 3.51. The minimum Gasteiger partial charge on any atom is -0.351 e. The molecule has 0 aromatic rings. The molecule has 0 atom stereocenters. The van der Waals surface area contributed by atoms with E-state index in [1.807, 2.05) is 0 Å². The van der Waals surface area contributed by atoms with Crippen molar-refractivity contribution in [3.05, 3.63) is 0 Å². The fraction of sp³-hybridized carbons (Fsp3) is 0.889. The van der Waals surface area contributed by atoms with Gasteiger partial charge in [-0.25, -0.2) is 4.79 Å². The molecule has 1 rings (SSSR count). The van der Waals surface area contributed by atoms with Crippen molar-refractivity contribution in [3.63, 3.8) is 0 Å². The van der Waals surface area contributed by atoms with E-state index in [4.69, 9.17) is 17.3 Å². The van der Waals surface area contributed by atoms with Gasteiger partial charge in [-0.1, -0.05) is 19.3 Å². The maximum Gasteiger partial charge on any atom is 0.315 e. The lowest BCUT2D eigenvalue weighted by molar-refractivity contribution is 0.168. The van der Waals surface area contributed by atoms with Crippen LogP contribution in [0.5, 0.6) is 0 Å². The predicted molar refractivity (Wildman–Crippen MR) is 53.9 cm³/mol. The number of urea groups is 1. The molecular weight excluding hydrogens is 188 g/mol. The summed E-state index contributed by atoms with van der Waals surface area (Å²) in [7, 11) is 0. The fourth-order valence-corrected chi connectivity index (χ4v) is 2.14. The van der Waals surface area contributed by atoms with Crippen molar-refractivity contribution in [2.75, 3.05) is 12.4 Å². The summed E-state index contributed by atoms with van der Waals surface area (Å²) in [5, 5.41) is 0. The van der Waals surface area contributed by atoms with Gasteiger partial charge < -0.3 is 10.6 Å². The Hall–Kier alpha value is -0.440. The van der Waals surface area contributed by atoms with Crippen molar-refractivity contribution in [1.29, 1.82) is 0 Å². The highest BCUT2D eigenvalue weighted by Crippen LogP contribution is 2.22. The van der Waals surface area contributed by atoms with Crippen molar-refractivity contribution >= 4 is 17.6 Å². The zero-order chi connectivity index (χ0) is 9.68. The molecule has 0 radical (unpaired) electrons. The van der Waals surface area contributed by atoms with Crippen molar-refractivity contribution in [2.24, 2.45) is 5.73 Å². The molecule has 76 valence electrons. The summed E-state index contributed by atoms with van der Waals surface area (Å²) < 4.78 is 0. The molecule has 0 aromatic carbocycles. The molecular formula is C9H17ClN2O. The van der Waals surface area contributed by atoms with Gasteiger partial charge >= 0.3 is 6.03 Å². The number of hydrogen-bond donors (Lipinski definition) is 1. The van der Waals surface area contributed by atoms with Crippen LogP contribution in [0.15, 0.2) is 0 Å². The van der Waals surface area contributed by atoms with Gasteiger partial charge in [0.05, 0.1) is 0 Å². The second kappa shape index (κ2) is 5.32. The van der Waals surface area contributed by atoms with Crippen molar-refractivity contribution in [2.45, 2.75) is 38.1 Å². The van der Waals surface area contributed by atoms with Crippen molar-refractivity contribution in [3.8, 4) is 0 Å². The number of alkyl halides is 1. The molecule has 0 aliphatic heterocycles. The molecule has 0 bridgehead atoms. The molecule has 0 unspecified atom stereocenters. The van der Waals surface area contributed by atoms with Gasteiger partial charge in [0.15, 0.2) is 0 Å². The average Bonchev–Trinajstić information content (AvgIpc) is 2.15. The lowest BCUT2D eigenvalue weighted by Crippen LogP contribution is -2.45. The van der Waals surface area contributed by atoms with Gasteiger partial charge in [0.1, 0.15) is 0 Å². The Kier molecular flexibility index (Phi) is 4.36. The molecule has 2 N–H and O–H groups in total. The number of rotatable bonds is 3. The Labute approximate surface area is 84.2 Å². The summed E-state index contributed by atoms with van der Waals surface area (Å²) in [6.45, 7) is 0.585. The van der Waals surface area contributed by atoms with Gasteiger partial charge in [0.2, 0.25) is 0 Å². The van der Waals surface area contributed by atoms with Crippen LogP contribution in [-0.2, 0) is 0 Å². The minimum atomic E-state index is -0.326. The van der Waals surface area contributed by atoms with E-state index < -0.39 is 0 Å². The van der Waals surface area contributed by atoms with E-state index >= 15 is 0 Å². The Balaban J connectivity index is 2.46. The van der Waals surface area contributed by atoms with Crippen molar-refractivity contribution in [1.82, 2.24) is 4.90 Å². The molecule has 1 saturated carbocycles. The summed E-state index contributed by atoms with van der Waals surface area (Å²) in [4.78, 5) is 12.8. The molecule has 0 saturated heterocycles. The maximum atomic E-state index is 11.1. The van der Waals surface area contributed by atoms with Crippen LogP contribution in [0.25, 0.3) is 0 Å². The Morgan fingerprint density at radius 3 is 2.46 bits per heavy atom. The van der Waals surface area contributed by atoms with E-state index in [0.717, 1.165) is 12.8 Å². The molecule has 13 heavy (non-hydrogen) atoms. The largest absolute Gasteiger partial charge is 0.351 e. The quantitative estimate of drug-likeness (QED) is 0.702. The highest BCUT2D eigenvalue weighted by Gasteiger charge is 2.22. The second-order valence-corrected chi connectivity index (χ2v) is 3.89. The number of nitrogens with zero attached hydrogens (tertiary/aromatic N) is 1. The van der Waals surface area contributed by atoms with Crippen LogP contribution in [0, 0.1) is 0 Å². The van der Waals surface area contributed by atoms with Gasteiger partial charge in [0.25, 0.3) is 0 Å². The van der Waals surface area contributed by atoms with Gasteiger partial charge in [-0.3, -0.25) is 0 Å². The average molecular weight is 205 g/mol. The first-order valence-corrected chi connectivity index (χ1v) is 5.41. The smallest absolute Gasteiger partial charge is 0.315 e. The molecule has 0 spiro atoms. The molecule has 4 heteroatoms. The highest BCUT2D eigenvalue weighted by atomic mass is 35.5. The molecule has 0 heterocycles. The SMILES string of the molecule is NC(=O)N(CCCl)C1CCCCC1. The lowest BCUT2D eigenvalue weighted by Gasteiger charge is -2.32. The van der Waals surface area contributed by atoms with Gasteiger partial charge in [0, 0.05) is 18.5 Å². The lowest BCUT2D eigenvalue weighted by atomic mass is 9.94. The Bertz CT molecular complexity index is 169. The predicted octanol–water partition coefficient (Wildman–Crippen LogP) is 1.94. The number of carbonyl (C=O) groups excluding carboxylic acids is 1. The van der Waals surface area contributed by atoms with Crippen LogP contribution in [-0.4, -0.2) is 29.4 Å². The van der Waals surface area contributed by atoms with E-state index in [1.54, 1.807) is 4.90 Å². The van der Waals surface area contributed by atoms with E-state index in [1.165, 1.54) is 19.3 Å².